The minimum Gasteiger partial charge on any atom is -0.296 e. The molecular formula is C18H26N4O3S2. The maximum Gasteiger partial charge on any atom is 0.257 e. The molecule has 0 fully saturated rings. The van der Waals surface area contributed by atoms with Gasteiger partial charge in [-0.2, -0.15) is 4.31 Å². The van der Waals surface area contributed by atoms with Crippen LogP contribution < -0.4 is 5.32 Å². The SMILES string of the molecule is CCCCCc1nnc(NC(=O)c2cccc(S(=O)(=O)N(CC)CC)c2)s1. The Morgan fingerprint density at radius 1 is 1.15 bits per heavy atom. The topological polar surface area (TPSA) is 92.3 Å². The number of hydrogen-bond donors (Lipinski definition) is 1. The van der Waals surface area contributed by atoms with Crippen LogP contribution in [0.4, 0.5) is 5.13 Å². The number of aromatic nitrogens is 2. The quantitative estimate of drug-likeness (QED) is 0.605. The van der Waals surface area contributed by atoms with Crippen molar-refractivity contribution in [3.63, 3.8) is 0 Å². The number of nitrogens with one attached hydrogen (secondary N) is 1. The fourth-order valence-electron chi connectivity index (χ4n) is 2.61. The number of anilines is 1. The number of unbranched alkanes of at least 4 members (excludes halogenated alkanes) is 2. The molecule has 27 heavy (non-hydrogen) atoms. The number of hydrogen-bond acceptors (Lipinski definition) is 6. The highest BCUT2D eigenvalue weighted by molar-refractivity contribution is 7.89. The molecule has 0 bridgehead atoms. The van der Waals surface area contributed by atoms with Crippen LogP contribution >= 0.6 is 11.3 Å². The van der Waals surface area contributed by atoms with Gasteiger partial charge in [-0.15, -0.1) is 10.2 Å². The summed E-state index contributed by atoms with van der Waals surface area (Å²) < 4.78 is 26.6. The van der Waals surface area contributed by atoms with E-state index in [1.807, 2.05) is 0 Å². The van der Waals surface area contributed by atoms with Crippen molar-refractivity contribution in [3.05, 3.63) is 34.8 Å². The molecule has 0 unspecified atom stereocenters. The fourth-order valence-corrected chi connectivity index (χ4v) is 4.89. The second-order valence-corrected chi connectivity index (χ2v) is 9.03. The molecule has 1 aromatic heterocycles. The molecule has 0 spiro atoms. The summed E-state index contributed by atoms with van der Waals surface area (Å²) in [4.78, 5) is 12.6. The molecule has 0 aliphatic rings. The first kappa shape index (κ1) is 21.5. The van der Waals surface area contributed by atoms with Gasteiger partial charge >= 0.3 is 0 Å². The average Bonchev–Trinajstić information content (AvgIpc) is 3.10. The van der Waals surface area contributed by atoms with Crippen molar-refractivity contribution in [2.75, 3.05) is 18.4 Å². The Bertz CT molecular complexity index is 861. The number of aryl methyl sites for hydroxylation is 1. The van der Waals surface area contributed by atoms with E-state index in [1.54, 1.807) is 26.0 Å². The first-order valence-corrected chi connectivity index (χ1v) is 11.4. The van der Waals surface area contributed by atoms with Gasteiger partial charge < -0.3 is 0 Å². The average molecular weight is 411 g/mol. The van der Waals surface area contributed by atoms with Crippen LogP contribution in [0.5, 0.6) is 0 Å². The summed E-state index contributed by atoms with van der Waals surface area (Å²) in [5.41, 5.74) is 0.269. The molecule has 7 nitrogen and oxygen atoms in total. The minimum absolute atomic E-state index is 0.108. The summed E-state index contributed by atoms with van der Waals surface area (Å²) in [6.45, 7) is 6.46. The number of amides is 1. The Balaban J connectivity index is 2.11. The summed E-state index contributed by atoms with van der Waals surface area (Å²) in [5.74, 6) is -0.400. The van der Waals surface area contributed by atoms with Crippen molar-refractivity contribution in [1.82, 2.24) is 14.5 Å². The minimum atomic E-state index is -3.61. The molecule has 2 rings (SSSR count). The molecule has 0 aliphatic heterocycles. The summed E-state index contributed by atoms with van der Waals surface area (Å²) in [6, 6.07) is 6.05. The monoisotopic (exact) mass is 410 g/mol. The lowest BCUT2D eigenvalue weighted by molar-refractivity contribution is 0.102. The summed E-state index contributed by atoms with van der Waals surface area (Å²) >= 11 is 1.35. The van der Waals surface area contributed by atoms with Crippen molar-refractivity contribution in [2.24, 2.45) is 0 Å². The van der Waals surface area contributed by atoms with Gasteiger partial charge in [-0.1, -0.05) is 51.0 Å². The lowest BCUT2D eigenvalue weighted by Gasteiger charge is -2.18. The maximum absolute atomic E-state index is 12.6. The Hall–Kier alpha value is -1.84. The first-order valence-electron chi connectivity index (χ1n) is 9.16. The van der Waals surface area contributed by atoms with Gasteiger partial charge in [-0.05, 0) is 24.6 Å². The molecule has 0 aliphatic carbocycles. The molecule has 1 aromatic carbocycles. The van der Waals surface area contributed by atoms with Crippen molar-refractivity contribution in [1.29, 1.82) is 0 Å². The molecule has 0 radical (unpaired) electrons. The number of carbonyl (C=O) groups excluding carboxylic acids is 1. The Morgan fingerprint density at radius 3 is 2.56 bits per heavy atom. The smallest absolute Gasteiger partial charge is 0.257 e. The van der Waals surface area contributed by atoms with Crippen molar-refractivity contribution in [2.45, 2.75) is 51.3 Å². The van der Waals surface area contributed by atoms with Crippen molar-refractivity contribution < 1.29 is 13.2 Å². The molecule has 2 aromatic rings. The van der Waals surface area contributed by atoms with Crippen LogP contribution in [0, 0.1) is 0 Å². The zero-order valence-corrected chi connectivity index (χ0v) is 17.6. The third-order valence-electron chi connectivity index (χ3n) is 4.12. The number of nitrogens with zero attached hydrogens (tertiary/aromatic N) is 3. The van der Waals surface area contributed by atoms with Crippen molar-refractivity contribution >= 4 is 32.4 Å². The number of carbonyl (C=O) groups is 1. The molecular weight excluding hydrogens is 384 g/mol. The van der Waals surface area contributed by atoms with E-state index in [-0.39, 0.29) is 10.5 Å². The normalized spacial score (nSPS) is 11.7. The van der Waals surface area contributed by atoms with E-state index in [9.17, 15) is 13.2 Å². The van der Waals surface area contributed by atoms with Crippen molar-refractivity contribution in [3.8, 4) is 0 Å². The van der Waals surface area contributed by atoms with E-state index >= 15 is 0 Å². The lowest BCUT2D eigenvalue weighted by Crippen LogP contribution is -2.30. The fraction of sp³-hybridized carbons (Fsp3) is 0.500. The van der Waals surface area contributed by atoms with Gasteiger partial charge in [0, 0.05) is 25.1 Å². The van der Waals surface area contributed by atoms with Crippen LogP contribution in [0.2, 0.25) is 0 Å². The van der Waals surface area contributed by atoms with Gasteiger partial charge in [0.05, 0.1) is 4.90 Å². The van der Waals surface area contributed by atoms with Gasteiger partial charge in [0.1, 0.15) is 5.01 Å². The van der Waals surface area contributed by atoms with Gasteiger partial charge in [0.15, 0.2) is 0 Å². The van der Waals surface area contributed by atoms with Crippen LogP contribution in [0.25, 0.3) is 0 Å². The molecule has 1 N–H and O–H groups in total. The zero-order valence-electron chi connectivity index (χ0n) is 15.9. The highest BCUT2D eigenvalue weighted by Gasteiger charge is 2.22. The number of sulfonamides is 1. The van der Waals surface area contributed by atoms with Gasteiger partial charge in [-0.3, -0.25) is 10.1 Å². The predicted molar refractivity (Wildman–Crippen MR) is 108 cm³/mol. The van der Waals surface area contributed by atoms with Gasteiger partial charge in [0.2, 0.25) is 15.2 Å². The van der Waals surface area contributed by atoms with Gasteiger partial charge in [-0.25, -0.2) is 8.42 Å². The van der Waals surface area contributed by atoms with E-state index in [0.717, 1.165) is 30.7 Å². The first-order chi connectivity index (χ1) is 12.9. The Labute approximate surface area is 164 Å². The summed E-state index contributed by atoms with van der Waals surface area (Å²) in [5, 5.41) is 12.1. The van der Waals surface area contributed by atoms with Crippen LogP contribution in [-0.4, -0.2) is 41.9 Å². The molecule has 0 saturated heterocycles. The Kier molecular flexibility index (Phi) is 7.88. The largest absolute Gasteiger partial charge is 0.296 e. The third kappa shape index (κ3) is 5.57. The maximum atomic E-state index is 12.6. The highest BCUT2D eigenvalue weighted by atomic mass is 32.2. The Morgan fingerprint density at radius 2 is 1.89 bits per heavy atom. The summed E-state index contributed by atoms with van der Waals surface area (Å²) in [7, 11) is -3.61. The van der Waals surface area contributed by atoms with E-state index < -0.39 is 15.9 Å². The molecule has 9 heteroatoms. The number of rotatable bonds is 10. The third-order valence-corrected chi connectivity index (χ3v) is 7.07. The molecule has 148 valence electrons. The van der Waals surface area contributed by atoms with E-state index in [1.165, 1.54) is 27.8 Å². The lowest BCUT2D eigenvalue weighted by atomic mass is 10.2. The molecule has 0 atom stereocenters. The predicted octanol–water partition coefficient (Wildman–Crippen LogP) is 3.55. The van der Waals surface area contributed by atoms with E-state index in [4.69, 9.17) is 0 Å². The van der Waals surface area contributed by atoms with Crippen LogP contribution in [0.3, 0.4) is 0 Å². The summed E-state index contributed by atoms with van der Waals surface area (Å²) in [6.07, 6.45) is 4.16. The second-order valence-electron chi connectivity index (χ2n) is 6.03. The van der Waals surface area contributed by atoms with Crippen LogP contribution in [-0.2, 0) is 16.4 Å². The standard InChI is InChI=1S/C18H26N4O3S2/c1-4-7-8-12-16-20-21-18(26-16)19-17(23)14-10-9-11-15(13-14)27(24,25)22(5-2)6-3/h9-11,13H,4-8,12H2,1-3H3,(H,19,21,23). The van der Waals surface area contributed by atoms with Crippen LogP contribution in [0.15, 0.2) is 29.2 Å². The van der Waals surface area contributed by atoms with E-state index in [2.05, 4.69) is 22.4 Å². The molecule has 1 amide bonds. The highest BCUT2D eigenvalue weighted by Crippen LogP contribution is 2.20. The molecule has 0 saturated carbocycles. The van der Waals surface area contributed by atoms with Crippen LogP contribution in [0.1, 0.15) is 55.4 Å². The second kappa shape index (κ2) is 9.91. The number of benzene rings is 1. The van der Waals surface area contributed by atoms with Gasteiger partial charge in [0.25, 0.3) is 5.91 Å². The zero-order chi connectivity index (χ0) is 19.9. The molecule has 1 heterocycles. The van der Waals surface area contributed by atoms with E-state index in [0.29, 0.717) is 18.2 Å².